The highest BCUT2D eigenvalue weighted by atomic mass is 16.1. The van der Waals surface area contributed by atoms with Gasteiger partial charge in [-0.1, -0.05) is 38.1 Å². The lowest BCUT2D eigenvalue weighted by atomic mass is 9.98. The average molecular weight is 458 g/mol. The Labute approximate surface area is 203 Å². The van der Waals surface area contributed by atoms with Crippen LogP contribution < -0.4 is 10.2 Å². The quantitative estimate of drug-likeness (QED) is 0.532. The molecule has 1 fully saturated rings. The number of anilines is 3. The number of hydrogen-bond donors (Lipinski definition) is 1. The molecule has 0 saturated carbocycles. The number of likely N-dealkylation sites (N-methyl/N-ethyl adjacent to an activating group) is 1. The van der Waals surface area contributed by atoms with Gasteiger partial charge in [-0.15, -0.1) is 0 Å². The second-order valence-electron chi connectivity index (χ2n) is 9.58. The summed E-state index contributed by atoms with van der Waals surface area (Å²) in [6.45, 7) is 10.2. The number of aromatic nitrogens is 2. The van der Waals surface area contributed by atoms with Crippen molar-refractivity contribution in [1.29, 1.82) is 0 Å². The van der Waals surface area contributed by atoms with Crippen molar-refractivity contribution in [2.24, 2.45) is 5.92 Å². The highest BCUT2D eigenvalue weighted by molar-refractivity contribution is 5.82. The Morgan fingerprint density at radius 3 is 2.44 bits per heavy atom. The number of carbonyl (C=O) groups is 1. The molecule has 1 aliphatic rings. The van der Waals surface area contributed by atoms with Gasteiger partial charge in [-0.3, -0.25) is 4.79 Å². The minimum Gasteiger partial charge on any atom is -0.369 e. The minimum atomic E-state index is 0.0528. The number of piperazine rings is 1. The Kier molecular flexibility index (Phi) is 7.58. The number of benzene rings is 2. The number of hydrogen-bond acceptors (Lipinski definition) is 6. The van der Waals surface area contributed by atoms with Crippen LogP contribution in [-0.2, 0) is 17.6 Å². The fourth-order valence-electron chi connectivity index (χ4n) is 4.11. The van der Waals surface area contributed by atoms with Crippen LogP contribution in [0.15, 0.2) is 54.7 Å². The lowest BCUT2D eigenvalue weighted by Crippen LogP contribution is -2.44. The monoisotopic (exact) mass is 457 g/mol. The third-order valence-corrected chi connectivity index (χ3v) is 6.45. The molecule has 2 aromatic carbocycles. The van der Waals surface area contributed by atoms with E-state index in [1.54, 1.807) is 0 Å². The maximum Gasteiger partial charge on any atom is 0.227 e. The predicted octanol–water partition coefficient (Wildman–Crippen LogP) is 4.64. The first kappa shape index (κ1) is 23.9. The molecule has 34 heavy (non-hydrogen) atoms. The van der Waals surface area contributed by atoms with Crippen molar-refractivity contribution in [1.82, 2.24) is 14.9 Å². The largest absolute Gasteiger partial charge is 0.369 e. The normalized spacial score (nSPS) is 14.4. The van der Waals surface area contributed by atoms with E-state index in [9.17, 15) is 4.79 Å². The molecule has 0 amide bonds. The Hall–Kier alpha value is -3.25. The van der Waals surface area contributed by atoms with Crippen LogP contribution in [0.2, 0.25) is 0 Å². The van der Waals surface area contributed by atoms with Crippen molar-refractivity contribution in [3.8, 4) is 0 Å². The molecule has 6 heteroatoms. The molecule has 0 unspecified atom stereocenters. The number of carbonyl (C=O) groups excluding carboxylic acids is 1. The summed E-state index contributed by atoms with van der Waals surface area (Å²) in [6.07, 6.45) is 3.05. The van der Waals surface area contributed by atoms with Crippen molar-refractivity contribution in [3.05, 3.63) is 77.1 Å². The number of nitrogens with zero attached hydrogens (tertiary/aromatic N) is 4. The van der Waals surface area contributed by atoms with Crippen LogP contribution >= 0.6 is 0 Å². The molecule has 0 radical (unpaired) electrons. The second kappa shape index (κ2) is 10.8. The van der Waals surface area contributed by atoms with E-state index in [4.69, 9.17) is 4.98 Å². The van der Waals surface area contributed by atoms with Crippen molar-refractivity contribution in [2.75, 3.05) is 43.4 Å². The third kappa shape index (κ3) is 6.20. The SMILES string of the molecule is Cc1cnc(Nc2ccc(N3CCN(C)CC3)cc2)nc1Cc1cccc(CC(=O)C(C)C)c1. The van der Waals surface area contributed by atoms with Crippen LogP contribution in [-0.4, -0.2) is 53.9 Å². The molecule has 0 atom stereocenters. The molecule has 2 heterocycles. The van der Waals surface area contributed by atoms with E-state index in [0.717, 1.165) is 54.3 Å². The number of ketones is 1. The Balaban J connectivity index is 1.43. The maximum atomic E-state index is 12.1. The van der Waals surface area contributed by atoms with E-state index in [0.29, 0.717) is 18.8 Å². The zero-order chi connectivity index (χ0) is 24.1. The molecular weight excluding hydrogens is 422 g/mol. The van der Waals surface area contributed by atoms with Gasteiger partial charge < -0.3 is 15.1 Å². The van der Waals surface area contributed by atoms with Gasteiger partial charge in [-0.2, -0.15) is 0 Å². The van der Waals surface area contributed by atoms with Crippen molar-refractivity contribution >= 4 is 23.1 Å². The Bertz CT molecular complexity index is 1120. The van der Waals surface area contributed by atoms with Crippen LogP contribution in [0.25, 0.3) is 0 Å². The molecule has 6 nitrogen and oxygen atoms in total. The standard InChI is InChI=1S/C28H35N5O/c1-20(2)27(34)18-23-7-5-6-22(16-23)17-26-21(3)19-29-28(31-26)30-24-8-10-25(11-9-24)33-14-12-32(4)13-15-33/h5-11,16,19-20H,12-15,17-18H2,1-4H3,(H,29,30,31). The van der Waals surface area contributed by atoms with E-state index >= 15 is 0 Å². The number of Topliss-reactive ketones (excluding diaryl/α,β-unsaturated/α-hetero) is 1. The molecular formula is C28H35N5O. The molecule has 0 spiro atoms. The highest BCUT2D eigenvalue weighted by Crippen LogP contribution is 2.22. The van der Waals surface area contributed by atoms with Gasteiger partial charge in [0.25, 0.3) is 0 Å². The van der Waals surface area contributed by atoms with Crippen LogP contribution in [0.3, 0.4) is 0 Å². The molecule has 178 valence electrons. The van der Waals surface area contributed by atoms with Gasteiger partial charge in [0.05, 0.1) is 5.69 Å². The average Bonchev–Trinajstić information content (AvgIpc) is 2.82. The smallest absolute Gasteiger partial charge is 0.227 e. The fourth-order valence-corrected chi connectivity index (χ4v) is 4.11. The van der Waals surface area contributed by atoms with E-state index in [1.807, 2.05) is 39.1 Å². The van der Waals surface area contributed by atoms with Gasteiger partial charge in [0.15, 0.2) is 0 Å². The first-order valence-electron chi connectivity index (χ1n) is 12.1. The first-order valence-corrected chi connectivity index (χ1v) is 12.1. The van der Waals surface area contributed by atoms with Crippen molar-refractivity contribution in [2.45, 2.75) is 33.6 Å². The summed E-state index contributed by atoms with van der Waals surface area (Å²) in [5.74, 6) is 0.914. The van der Waals surface area contributed by atoms with Gasteiger partial charge in [0.1, 0.15) is 5.78 Å². The summed E-state index contributed by atoms with van der Waals surface area (Å²) in [5.41, 5.74) is 6.47. The molecule has 1 N–H and O–H groups in total. The molecule has 4 rings (SSSR count). The number of aryl methyl sites for hydroxylation is 1. The minimum absolute atomic E-state index is 0.0528. The summed E-state index contributed by atoms with van der Waals surface area (Å²) in [4.78, 5) is 26.2. The van der Waals surface area contributed by atoms with Crippen LogP contribution in [0.4, 0.5) is 17.3 Å². The maximum absolute atomic E-state index is 12.1. The van der Waals surface area contributed by atoms with E-state index in [-0.39, 0.29) is 11.7 Å². The Morgan fingerprint density at radius 1 is 1.03 bits per heavy atom. The number of nitrogens with one attached hydrogen (secondary N) is 1. The topological polar surface area (TPSA) is 61.4 Å². The van der Waals surface area contributed by atoms with E-state index in [1.165, 1.54) is 5.69 Å². The van der Waals surface area contributed by atoms with Crippen molar-refractivity contribution < 1.29 is 4.79 Å². The zero-order valence-electron chi connectivity index (χ0n) is 20.7. The lowest BCUT2D eigenvalue weighted by Gasteiger charge is -2.34. The second-order valence-corrected chi connectivity index (χ2v) is 9.58. The Morgan fingerprint density at radius 2 is 1.74 bits per heavy atom. The fraction of sp³-hybridized carbons (Fsp3) is 0.393. The van der Waals surface area contributed by atoms with Gasteiger partial charge in [-0.25, -0.2) is 9.97 Å². The van der Waals surface area contributed by atoms with Gasteiger partial charge >= 0.3 is 0 Å². The molecule has 0 bridgehead atoms. The predicted molar refractivity (Wildman–Crippen MR) is 139 cm³/mol. The van der Waals surface area contributed by atoms with E-state index < -0.39 is 0 Å². The number of rotatable bonds is 8. The van der Waals surface area contributed by atoms with Crippen LogP contribution in [0, 0.1) is 12.8 Å². The van der Waals surface area contributed by atoms with E-state index in [2.05, 4.69) is 63.5 Å². The molecule has 3 aromatic rings. The van der Waals surface area contributed by atoms with Gasteiger partial charge in [0.2, 0.25) is 5.95 Å². The van der Waals surface area contributed by atoms with Gasteiger partial charge in [0, 0.05) is 62.5 Å². The summed E-state index contributed by atoms with van der Waals surface area (Å²) >= 11 is 0. The van der Waals surface area contributed by atoms with Crippen molar-refractivity contribution in [3.63, 3.8) is 0 Å². The first-order chi connectivity index (χ1) is 16.4. The summed E-state index contributed by atoms with van der Waals surface area (Å²) in [6, 6.07) is 16.8. The summed E-state index contributed by atoms with van der Waals surface area (Å²) in [5, 5.41) is 3.35. The van der Waals surface area contributed by atoms with Crippen LogP contribution in [0.1, 0.15) is 36.2 Å². The lowest BCUT2D eigenvalue weighted by molar-refractivity contribution is -0.121. The molecule has 0 aliphatic carbocycles. The molecule has 1 aromatic heterocycles. The molecule has 1 saturated heterocycles. The summed E-state index contributed by atoms with van der Waals surface area (Å²) in [7, 11) is 2.17. The zero-order valence-corrected chi connectivity index (χ0v) is 20.7. The van der Waals surface area contributed by atoms with Crippen LogP contribution in [0.5, 0.6) is 0 Å². The summed E-state index contributed by atoms with van der Waals surface area (Å²) < 4.78 is 0. The molecule has 1 aliphatic heterocycles. The van der Waals surface area contributed by atoms with Gasteiger partial charge in [-0.05, 0) is 54.9 Å². The third-order valence-electron chi connectivity index (χ3n) is 6.45. The highest BCUT2D eigenvalue weighted by Gasteiger charge is 2.14.